The monoisotopic (exact) mass is 181 g/mol. The smallest absolute Gasteiger partial charge is 0.134 e. The van der Waals surface area contributed by atoms with E-state index in [0.29, 0.717) is 12.4 Å². The van der Waals surface area contributed by atoms with Crippen molar-refractivity contribution in [1.29, 1.82) is 0 Å². The van der Waals surface area contributed by atoms with E-state index in [-0.39, 0.29) is 12.0 Å². The third-order valence-corrected chi connectivity index (χ3v) is 1.67. The lowest BCUT2D eigenvalue weighted by Crippen LogP contribution is -2.06. The van der Waals surface area contributed by atoms with Crippen molar-refractivity contribution >= 4 is 6.21 Å². The summed E-state index contributed by atoms with van der Waals surface area (Å²) in [5, 5.41) is 8.58. The third-order valence-electron chi connectivity index (χ3n) is 1.67. The molecular formula is C10H15NO2. The van der Waals surface area contributed by atoms with Crippen molar-refractivity contribution in [2.24, 2.45) is 10.4 Å². The first-order valence-corrected chi connectivity index (χ1v) is 4.31. The minimum absolute atomic E-state index is 0.0268. The van der Waals surface area contributed by atoms with Crippen LogP contribution >= 0.6 is 0 Å². The number of aliphatic hydroxyl groups excluding tert-OH is 1. The molecule has 0 amide bonds. The number of nitrogens with zero attached hydrogens (tertiary/aromatic N) is 1. The van der Waals surface area contributed by atoms with E-state index < -0.39 is 0 Å². The summed E-state index contributed by atoms with van der Waals surface area (Å²) < 4.78 is 5.27. The molecule has 1 aliphatic heterocycles. The van der Waals surface area contributed by atoms with Gasteiger partial charge in [-0.25, -0.2) is 0 Å². The number of aliphatic hydroxyl groups is 1. The molecule has 13 heavy (non-hydrogen) atoms. The fourth-order valence-corrected chi connectivity index (χ4v) is 1.05. The van der Waals surface area contributed by atoms with Crippen LogP contribution in [0, 0.1) is 5.41 Å². The topological polar surface area (TPSA) is 41.8 Å². The van der Waals surface area contributed by atoms with Crippen LogP contribution < -0.4 is 0 Å². The van der Waals surface area contributed by atoms with Gasteiger partial charge in [0.25, 0.3) is 0 Å². The standard InChI is InChI=1S/C10H15NO2/c1-10(2)3-4-11-8-9(7-10)13-6-5-12/h3-4,7-8,12H,5-6H2,1-2H3. The van der Waals surface area contributed by atoms with Gasteiger partial charge in [-0.05, 0) is 6.08 Å². The Bertz CT molecular complexity index is 252. The molecule has 0 radical (unpaired) electrons. The molecule has 0 atom stereocenters. The number of hydrogen-bond acceptors (Lipinski definition) is 3. The van der Waals surface area contributed by atoms with Crippen LogP contribution in [0.25, 0.3) is 0 Å². The van der Waals surface area contributed by atoms with Crippen LogP contribution in [0.5, 0.6) is 0 Å². The van der Waals surface area contributed by atoms with E-state index in [2.05, 4.69) is 18.8 Å². The van der Waals surface area contributed by atoms with Crippen molar-refractivity contribution in [3.8, 4) is 0 Å². The van der Waals surface area contributed by atoms with Gasteiger partial charge in [-0.15, -0.1) is 0 Å². The number of rotatable bonds is 3. The Balaban J connectivity index is 2.67. The zero-order valence-corrected chi connectivity index (χ0v) is 8.03. The van der Waals surface area contributed by atoms with Gasteiger partial charge in [0, 0.05) is 11.6 Å². The number of allylic oxidation sites excluding steroid dienone is 3. The summed E-state index contributed by atoms with van der Waals surface area (Å²) in [6.45, 7) is 4.48. The van der Waals surface area contributed by atoms with Crippen molar-refractivity contribution in [3.05, 3.63) is 24.1 Å². The van der Waals surface area contributed by atoms with Gasteiger partial charge >= 0.3 is 0 Å². The summed E-state index contributed by atoms with van der Waals surface area (Å²) in [5.74, 6) is 0.712. The molecule has 3 nitrogen and oxygen atoms in total. The second kappa shape index (κ2) is 4.23. The molecule has 0 bridgehead atoms. The normalized spacial score (nSPS) is 19.5. The Morgan fingerprint density at radius 3 is 3.00 bits per heavy atom. The summed E-state index contributed by atoms with van der Waals surface area (Å²) in [6, 6.07) is 0. The number of hydrogen-bond donors (Lipinski definition) is 1. The van der Waals surface area contributed by atoms with E-state index >= 15 is 0 Å². The SMILES string of the molecule is CC1(C)C=CN=CC(OCCO)=C1. The maximum Gasteiger partial charge on any atom is 0.134 e. The lowest BCUT2D eigenvalue weighted by atomic mass is 9.93. The van der Waals surface area contributed by atoms with Gasteiger partial charge in [0.15, 0.2) is 0 Å². The van der Waals surface area contributed by atoms with E-state index in [9.17, 15) is 0 Å². The Kier molecular flexibility index (Phi) is 3.25. The lowest BCUT2D eigenvalue weighted by Gasteiger charge is -2.14. The molecule has 0 aromatic heterocycles. The Morgan fingerprint density at radius 1 is 1.54 bits per heavy atom. The average molecular weight is 181 g/mol. The van der Waals surface area contributed by atoms with Gasteiger partial charge in [-0.1, -0.05) is 19.9 Å². The van der Waals surface area contributed by atoms with Crippen LogP contribution in [0.2, 0.25) is 0 Å². The zero-order chi connectivity index (χ0) is 9.73. The van der Waals surface area contributed by atoms with Gasteiger partial charge in [0.2, 0.25) is 0 Å². The van der Waals surface area contributed by atoms with Crippen molar-refractivity contribution in [3.63, 3.8) is 0 Å². The predicted molar refractivity (Wildman–Crippen MR) is 52.5 cm³/mol. The summed E-state index contributed by atoms with van der Waals surface area (Å²) in [4.78, 5) is 4.02. The molecule has 0 spiro atoms. The van der Waals surface area contributed by atoms with E-state index in [1.807, 2.05) is 12.2 Å². The van der Waals surface area contributed by atoms with Crippen LogP contribution in [0.4, 0.5) is 0 Å². The fourth-order valence-electron chi connectivity index (χ4n) is 1.05. The van der Waals surface area contributed by atoms with Crippen LogP contribution in [-0.4, -0.2) is 24.5 Å². The molecule has 72 valence electrons. The summed E-state index contributed by atoms with van der Waals surface area (Å²) in [6.07, 6.45) is 7.39. The van der Waals surface area contributed by atoms with Crippen molar-refractivity contribution in [2.45, 2.75) is 13.8 Å². The summed E-state index contributed by atoms with van der Waals surface area (Å²) in [7, 11) is 0. The molecule has 3 heteroatoms. The molecule has 0 saturated carbocycles. The van der Waals surface area contributed by atoms with Crippen LogP contribution in [0.15, 0.2) is 29.1 Å². The lowest BCUT2D eigenvalue weighted by molar-refractivity contribution is 0.155. The van der Waals surface area contributed by atoms with E-state index in [1.54, 1.807) is 12.4 Å². The molecule has 1 rings (SSSR count). The second-order valence-electron chi connectivity index (χ2n) is 3.53. The highest BCUT2D eigenvalue weighted by Crippen LogP contribution is 2.22. The van der Waals surface area contributed by atoms with Crippen LogP contribution in [0.3, 0.4) is 0 Å². The fraction of sp³-hybridized carbons (Fsp3) is 0.500. The molecular weight excluding hydrogens is 166 g/mol. The van der Waals surface area contributed by atoms with E-state index in [4.69, 9.17) is 9.84 Å². The maximum absolute atomic E-state index is 8.58. The highest BCUT2D eigenvalue weighted by Gasteiger charge is 2.13. The molecule has 0 saturated heterocycles. The minimum Gasteiger partial charge on any atom is -0.490 e. The first-order chi connectivity index (χ1) is 6.14. The van der Waals surface area contributed by atoms with Crippen molar-refractivity contribution in [1.82, 2.24) is 0 Å². The summed E-state index contributed by atoms with van der Waals surface area (Å²) >= 11 is 0. The zero-order valence-electron chi connectivity index (χ0n) is 8.03. The molecule has 1 aliphatic rings. The molecule has 1 N–H and O–H groups in total. The molecule has 0 fully saturated rings. The minimum atomic E-state index is -0.0404. The van der Waals surface area contributed by atoms with E-state index in [0.717, 1.165) is 0 Å². The Morgan fingerprint density at radius 2 is 2.31 bits per heavy atom. The molecule has 0 aromatic carbocycles. The average Bonchev–Trinajstić information content (AvgIpc) is 2.22. The molecule has 0 unspecified atom stereocenters. The maximum atomic E-state index is 8.58. The third kappa shape index (κ3) is 3.42. The second-order valence-corrected chi connectivity index (χ2v) is 3.53. The highest BCUT2D eigenvalue weighted by atomic mass is 16.5. The Hall–Kier alpha value is -1.09. The van der Waals surface area contributed by atoms with Crippen molar-refractivity contribution in [2.75, 3.05) is 13.2 Å². The molecule has 1 heterocycles. The van der Waals surface area contributed by atoms with Crippen LogP contribution in [-0.2, 0) is 4.74 Å². The predicted octanol–water partition coefficient (Wildman–Crippen LogP) is 1.50. The number of ether oxygens (including phenoxy) is 1. The molecule has 0 aromatic rings. The van der Waals surface area contributed by atoms with Crippen LogP contribution in [0.1, 0.15) is 13.8 Å². The van der Waals surface area contributed by atoms with Crippen molar-refractivity contribution < 1.29 is 9.84 Å². The Labute approximate surface area is 78.4 Å². The van der Waals surface area contributed by atoms with E-state index in [1.165, 1.54) is 0 Å². The quantitative estimate of drug-likeness (QED) is 0.717. The highest BCUT2D eigenvalue weighted by molar-refractivity contribution is 5.77. The van der Waals surface area contributed by atoms with Gasteiger partial charge in [-0.3, -0.25) is 4.99 Å². The largest absolute Gasteiger partial charge is 0.490 e. The molecule has 0 aliphatic carbocycles. The first kappa shape index (κ1) is 9.99. The summed E-state index contributed by atoms with van der Waals surface area (Å²) in [5.41, 5.74) is -0.0404. The van der Waals surface area contributed by atoms with Gasteiger partial charge in [-0.2, -0.15) is 0 Å². The van der Waals surface area contributed by atoms with Gasteiger partial charge in [0.1, 0.15) is 12.4 Å². The van der Waals surface area contributed by atoms with Gasteiger partial charge in [0.05, 0.1) is 12.8 Å². The number of aliphatic imine (C=N–C) groups is 1. The van der Waals surface area contributed by atoms with Gasteiger partial charge < -0.3 is 9.84 Å². The first-order valence-electron chi connectivity index (χ1n) is 4.31.